The van der Waals surface area contributed by atoms with Crippen LogP contribution in [0.25, 0.3) is 0 Å². The summed E-state index contributed by atoms with van der Waals surface area (Å²) in [5.74, 6) is -0.497. The Morgan fingerprint density at radius 3 is 2.22 bits per heavy atom. The van der Waals surface area contributed by atoms with Crippen molar-refractivity contribution >= 4 is 25.8 Å². The molecule has 144 valence electrons. The van der Waals surface area contributed by atoms with Gasteiger partial charge in [-0.3, -0.25) is 14.5 Å². The Kier molecular flexibility index (Phi) is 4.43. The maximum Gasteiger partial charge on any atom is 0.238 e. The molecule has 2 aliphatic heterocycles. The van der Waals surface area contributed by atoms with Crippen LogP contribution in [0.3, 0.4) is 0 Å². The number of hydrogen-bond donors (Lipinski definition) is 0. The average molecular weight is 384 g/mol. The van der Waals surface area contributed by atoms with E-state index in [1.807, 2.05) is 30.3 Å². The third-order valence-corrected chi connectivity index (χ3v) is 12.6. The van der Waals surface area contributed by atoms with Crippen LogP contribution < -0.4 is 4.90 Å². The molecule has 1 aliphatic carbocycles. The van der Waals surface area contributed by atoms with E-state index in [1.165, 1.54) is 15.7 Å². The van der Waals surface area contributed by atoms with Gasteiger partial charge in [-0.05, 0) is 41.8 Å². The molecule has 3 atom stereocenters. The van der Waals surface area contributed by atoms with Crippen molar-refractivity contribution in [3.63, 3.8) is 0 Å². The number of anilines is 1. The normalized spacial score (nSPS) is 29.7. The average Bonchev–Trinajstić information content (AvgIpc) is 3.14. The molecule has 0 N–H and O–H groups in total. The Balaban J connectivity index is 1.78. The number of benzene rings is 1. The van der Waals surface area contributed by atoms with Crippen LogP contribution in [0, 0.1) is 17.8 Å². The van der Waals surface area contributed by atoms with E-state index < -0.39 is 8.32 Å². The summed E-state index contributed by atoms with van der Waals surface area (Å²) in [6.07, 6.45) is 0.696. The summed E-state index contributed by atoms with van der Waals surface area (Å²) in [6, 6.07) is 9.35. The van der Waals surface area contributed by atoms with Crippen LogP contribution in [-0.2, 0) is 14.0 Å². The molecular formula is C22H29NO3Si. The van der Waals surface area contributed by atoms with Gasteiger partial charge in [0.25, 0.3) is 0 Å². The van der Waals surface area contributed by atoms with Gasteiger partial charge in [0.05, 0.1) is 17.5 Å². The standard InChI is InChI=1S/C22H29NO3Si/c1-13(2)27(14(3)4)20-15(5)11-17-19(18(20)12-26-27)22(25)23(21(17)24)16-9-7-6-8-10-16/h6-10,13-14,17-19H,11-12H2,1-5H3/t17-,18+,19-/m0/s1. The molecule has 27 heavy (non-hydrogen) atoms. The highest BCUT2D eigenvalue weighted by Gasteiger charge is 2.62. The first-order valence-corrected chi connectivity index (χ1v) is 12.1. The summed E-state index contributed by atoms with van der Waals surface area (Å²) in [6.45, 7) is 11.8. The molecule has 0 radical (unpaired) electrons. The molecule has 0 unspecified atom stereocenters. The van der Waals surface area contributed by atoms with E-state index in [0.29, 0.717) is 29.8 Å². The van der Waals surface area contributed by atoms with Crippen LogP contribution in [0.4, 0.5) is 5.69 Å². The number of fused-ring (bicyclic) bond motifs is 3. The molecule has 4 nitrogen and oxygen atoms in total. The van der Waals surface area contributed by atoms with Crippen LogP contribution in [0.2, 0.25) is 11.1 Å². The first kappa shape index (κ1) is 18.6. The van der Waals surface area contributed by atoms with Gasteiger partial charge in [0.2, 0.25) is 20.1 Å². The molecule has 2 heterocycles. The lowest BCUT2D eigenvalue weighted by Crippen LogP contribution is -2.46. The molecule has 0 aromatic heterocycles. The van der Waals surface area contributed by atoms with Crippen molar-refractivity contribution < 1.29 is 14.0 Å². The van der Waals surface area contributed by atoms with Gasteiger partial charge in [0, 0.05) is 12.5 Å². The maximum atomic E-state index is 13.4. The summed E-state index contributed by atoms with van der Waals surface area (Å²) >= 11 is 0. The molecule has 0 saturated carbocycles. The molecular weight excluding hydrogens is 354 g/mol. The smallest absolute Gasteiger partial charge is 0.238 e. The highest BCUT2D eigenvalue weighted by Crippen LogP contribution is 2.56. The summed E-state index contributed by atoms with van der Waals surface area (Å²) in [7, 11) is -2.13. The predicted molar refractivity (Wildman–Crippen MR) is 109 cm³/mol. The van der Waals surface area contributed by atoms with Gasteiger partial charge in [-0.15, -0.1) is 0 Å². The number of nitrogens with zero attached hydrogens (tertiary/aromatic N) is 1. The molecule has 0 bridgehead atoms. The summed E-state index contributed by atoms with van der Waals surface area (Å²) in [5, 5.41) is 1.44. The Hall–Kier alpha value is -1.72. The number of hydrogen-bond acceptors (Lipinski definition) is 3. The van der Waals surface area contributed by atoms with Crippen LogP contribution in [-0.4, -0.2) is 26.7 Å². The highest BCUT2D eigenvalue weighted by molar-refractivity contribution is 6.84. The van der Waals surface area contributed by atoms with E-state index in [4.69, 9.17) is 4.43 Å². The molecule has 3 aliphatic rings. The molecule has 4 rings (SSSR count). The molecule has 5 heteroatoms. The Labute approximate surface area is 162 Å². The van der Waals surface area contributed by atoms with Gasteiger partial charge in [-0.1, -0.05) is 51.5 Å². The van der Waals surface area contributed by atoms with Crippen LogP contribution in [0.1, 0.15) is 41.0 Å². The molecule has 2 amide bonds. The van der Waals surface area contributed by atoms with Crippen molar-refractivity contribution in [2.45, 2.75) is 52.1 Å². The molecule has 2 saturated heterocycles. The van der Waals surface area contributed by atoms with E-state index in [0.717, 1.165) is 0 Å². The fraction of sp³-hybridized carbons (Fsp3) is 0.545. The van der Waals surface area contributed by atoms with Crippen molar-refractivity contribution in [2.75, 3.05) is 11.5 Å². The van der Waals surface area contributed by atoms with Gasteiger partial charge >= 0.3 is 0 Å². The zero-order valence-electron chi connectivity index (χ0n) is 16.9. The fourth-order valence-electron chi connectivity index (χ4n) is 5.92. The van der Waals surface area contributed by atoms with E-state index in [9.17, 15) is 9.59 Å². The van der Waals surface area contributed by atoms with Crippen LogP contribution in [0.15, 0.2) is 41.1 Å². The zero-order valence-corrected chi connectivity index (χ0v) is 17.9. The number of rotatable bonds is 3. The Morgan fingerprint density at radius 1 is 1.00 bits per heavy atom. The number of para-hydroxylation sites is 1. The van der Waals surface area contributed by atoms with Gasteiger partial charge in [0.15, 0.2) is 0 Å². The fourth-order valence-corrected chi connectivity index (χ4v) is 11.4. The number of carbonyl (C=O) groups excluding carboxylic acids is 2. The third-order valence-electron chi connectivity index (χ3n) is 6.92. The lowest BCUT2D eigenvalue weighted by Gasteiger charge is -2.40. The summed E-state index contributed by atoms with van der Waals surface area (Å²) in [4.78, 5) is 28.0. The molecule has 1 aromatic carbocycles. The van der Waals surface area contributed by atoms with Crippen molar-refractivity contribution in [3.05, 3.63) is 41.1 Å². The first-order valence-electron chi connectivity index (χ1n) is 10.1. The molecule has 0 spiro atoms. The largest absolute Gasteiger partial charge is 0.412 e. The van der Waals surface area contributed by atoms with Crippen molar-refractivity contribution in [3.8, 4) is 0 Å². The lowest BCUT2D eigenvalue weighted by atomic mass is 9.75. The number of amides is 2. The Morgan fingerprint density at radius 2 is 1.63 bits per heavy atom. The van der Waals surface area contributed by atoms with Gasteiger partial charge in [0.1, 0.15) is 0 Å². The second-order valence-electron chi connectivity index (χ2n) is 8.90. The maximum absolute atomic E-state index is 13.4. The minimum Gasteiger partial charge on any atom is -0.412 e. The van der Waals surface area contributed by atoms with E-state index in [-0.39, 0.29) is 29.6 Å². The lowest BCUT2D eigenvalue weighted by molar-refractivity contribution is -0.122. The first-order chi connectivity index (χ1) is 12.8. The van der Waals surface area contributed by atoms with Crippen molar-refractivity contribution in [2.24, 2.45) is 17.8 Å². The zero-order chi connectivity index (χ0) is 19.5. The summed E-state index contributed by atoms with van der Waals surface area (Å²) in [5.41, 5.74) is 2.92. The number of imide groups is 1. The summed E-state index contributed by atoms with van der Waals surface area (Å²) < 4.78 is 6.61. The van der Waals surface area contributed by atoms with Gasteiger partial charge < -0.3 is 4.43 Å². The number of carbonyl (C=O) groups is 2. The van der Waals surface area contributed by atoms with E-state index in [2.05, 4.69) is 34.6 Å². The predicted octanol–water partition coefficient (Wildman–Crippen LogP) is 4.46. The van der Waals surface area contributed by atoms with E-state index >= 15 is 0 Å². The Bertz CT molecular complexity index is 806. The van der Waals surface area contributed by atoms with Gasteiger partial charge in [-0.25, -0.2) is 0 Å². The minimum atomic E-state index is -2.13. The minimum absolute atomic E-state index is 0.0351. The SMILES string of the molecule is CC1=C2[C@H](CO[Si]2(C(C)C)C(C)C)[C@H]2C(=O)N(c3ccccc3)C(=O)[C@H]2C1. The van der Waals surface area contributed by atoms with Crippen LogP contribution in [0.5, 0.6) is 0 Å². The monoisotopic (exact) mass is 383 g/mol. The molecule has 2 fully saturated rings. The van der Waals surface area contributed by atoms with Crippen molar-refractivity contribution in [1.29, 1.82) is 0 Å². The quantitative estimate of drug-likeness (QED) is 0.572. The van der Waals surface area contributed by atoms with Crippen molar-refractivity contribution in [1.82, 2.24) is 0 Å². The topological polar surface area (TPSA) is 46.6 Å². The van der Waals surface area contributed by atoms with Crippen LogP contribution >= 0.6 is 0 Å². The molecule has 1 aromatic rings. The highest BCUT2D eigenvalue weighted by atomic mass is 28.4. The van der Waals surface area contributed by atoms with Gasteiger partial charge in [-0.2, -0.15) is 0 Å². The third kappa shape index (κ3) is 2.44. The van der Waals surface area contributed by atoms with E-state index in [1.54, 1.807) is 0 Å². The second-order valence-corrected chi connectivity index (χ2v) is 13.6. The number of allylic oxidation sites excluding steroid dienone is 1. The second kappa shape index (κ2) is 6.42.